The zero-order valence-corrected chi connectivity index (χ0v) is 29.3. The van der Waals surface area contributed by atoms with Crippen LogP contribution >= 0.6 is 11.8 Å². The van der Waals surface area contributed by atoms with Crippen LogP contribution in [-0.4, -0.2) is 122 Å². The number of nitrogens with one attached hydrogen (secondary N) is 5. The highest BCUT2D eigenvalue weighted by Crippen LogP contribution is 2.47. The van der Waals surface area contributed by atoms with Crippen molar-refractivity contribution in [2.24, 2.45) is 17.6 Å². The Morgan fingerprint density at radius 1 is 0.936 bits per heavy atom. The number of sulfone groups is 1. The number of methoxy groups -OCH3 is 1. The predicted octanol–water partition coefficient (Wildman–Crippen LogP) is 2.16. The van der Waals surface area contributed by atoms with E-state index in [0.717, 1.165) is 46.2 Å². The van der Waals surface area contributed by atoms with Gasteiger partial charge in [-0.15, -0.1) is 11.8 Å². The summed E-state index contributed by atoms with van der Waals surface area (Å²) in [6.07, 6.45) is -10.1. The van der Waals surface area contributed by atoms with Crippen LogP contribution in [0.3, 0.4) is 0 Å². The Hall–Kier alpha value is -0.370. The summed E-state index contributed by atoms with van der Waals surface area (Å²) in [4.78, 5) is 2.34. The van der Waals surface area contributed by atoms with Gasteiger partial charge in [0.15, 0.2) is 9.84 Å². The lowest BCUT2D eigenvalue weighted by atomic mass is 9.76. The largest absolute Gasteiger partial charge is 0.375 e. The van der Waals surface area contributed by atoms with Gasteiger partial charge in [-0.1, -0.05) is 0 Å². The van der Waals surface area contributed by atoms with Gasteiger partial charge in [0, 0.05) is 43.8 Å². The van der Waals surface area contributed by atoms with E-state index in [2.05, 4.69) is 38.6 Å². The Kier molecular flexibility index (Phi) is 12.5. The third kappa shape index (κ3) is 7.93. The van der Waals surface area contributed by atoms with Gasteiger partial charge in [-0.3, -0.25) is 26.3 Å². The summed E-state index contributed by atoms with van der Waals surface area (Å²) in [6.45, 7) is 6.63. The lowest BCUT2D eigenvalue weighted by Gasteiger charge is -2.50. The number of hydrogen-bond donors (Lipinski definition) is 6. The number of nitrogens with two attached hydrogens (primary N) is 1. The summed E-state index contributed by atoms with van der Waals surface area (Å²) in [6, 6.07) is 0.275. The van der Waals surface area contributed by atoms with Crippen LogP contribution in [0.15, 0.2) is 0 Å². The van der Waals surface area contributed by atoms with E-state index in [1.165, 1.54) is 11.8 Å². The van der Waals surface area contributed by atoms with E-state index in [9.17, 15) is 26.0 Å². The van der Waals surface area contributed by atoms with E-state index in [1.54, 1.807) is 7.11 Å². The molecular weight excluding hydrogens is 665 g/mol. The minimum Gasteiger partial charge on any atom is -0.375 e. The summed E-state index contributed by atoms with van der Waals surface area (Å²) in [7, 11) is -2.71. The number of hydrogen-bond acceptors (Lipinski definition) is 11. The minimum absolute atomic E-state index is 0.0252. The highest BCUT2D eigenvalue weighted by atomic mass is 32.2. The molecule has 5 rings (SSSR count). The van der Waals surface area contributed by atoms with Gasteiger partial charge in [0.2, 0.25) is 0 Å². The normalized spacial score (nSPS) is 44.9. The second-order valence-corrected chi connectivity index (χ2v) is 18.8. The van der Waals surface area contributed by atoms with Crippen molar-refractivity contribution in [3.8, 4) is 0 Å². The third-order valence-electron chi connectivity index (χ3n) is 11.2. The zero-order chi connectivity index (χ0) is 34.3. The van der Waals surface area contributed by atoms with Crippen LogP contribution in [0.5, 0.6) is 0 Å². The molecule has 2 saturated carbocycles. The molecule has 10 nitrogen and oxygen atoms in total. The van der Waals surface area contributed by atoms with Crippen LogP contribution in [0.25, 0.3) is 0 Å². The third-order valence-corrected chi connectivity index (χ3v) is 15.7. The number of hydrazine groups is 1. The molecule has 7 N–H and O–H groups in total. The fourth-order valence-electron chi connectivity index (χ4n) is 8.19. The van der Waals surface area contributed by atoms with Crippen molar-refractivity contribution in [3.63, 3.8) is 0 Å². The molecule has 0 aromatic rings. The number of rotatable bonds is 10. The summed E-state index contributed by atoms with van der Waals surface area (Å²) in [5.74, 6) is -1.56. The molecule has 13 atom stereocenters. The first-order valence-electron chi connectivity index (χ1n) is 17.0. The molecule has 5 fully saturated rings. The first kappa shape index (κ1) is 37.9. The Bertz CT molecular complexity index is 1130. The maximum Gasteiger partial charge on any atom is 0.158 e. The first-order valence-corrected chi connectivity index (χ1v) is 19.5. The van der Waals surface area contributed by atoms with Gasteiger partial charge in [-0.05, 0) is 71.8 Å². The number of likely N-dealkylation sites (tertiary alicyclic amines) is 1. The molecule has 3 heterocycles. The topological polar surface area (TPSA) is 133 Å². The highest BCUT2D eigenvalue weighted by Gasteiger charge is 2.59. The number of piperidine rings is 1. The fraction of sp³-hybridized carbons (Fsp3) is 1.00. The molecular formula is C30H54F5N7O3S2. The molecule has 2 aliphatic carbocycles. The lowest BCUT2D eigenvalue weighted by Crippen LogP contribution is -2.75. The number of thioether (sulfide) groups is 1. The van der Waals surface area contributed by atoms with Crippen molar-refractivity contribution in [3.05, 3.63) is 0 Å². The van der Waals surface area contributed by atoms with E-state index in [0.29, 0.717) is 12.5 Å². The van der Waals surface area contributed by atoms with Gasteiger partial charge in [0.05, 0.1) is 28.5 Å². The SMILES string of the molecule is COC1C(NC2CC(C)NN2)NC(SC2CCC(S(=O)(=O)C(C)(C)C3C(F)C(F)CC(F)C3F)CC2F)NC1N1CCC(CN)CC1. The van der Waals surface area contributed by atoms with Crippen LogP contribution in [0.2, 0.25) is 0 Å². The molecule has 0 amide bonds. The molecule has 47 heavy (non-hydrogen) atoms. The molecule has 13 unspecified atom stereocenters. The van der Waals surface area contributed by atoms with Crippen molar-refractivity contribution in [1.29, 1.82) is 0 Å². The fourth-order valence-corrected chi connectivity index (χ4v) is 11.9. The molecule has 0 aromatic heterocycles. The zero-order valence-electron chi connectivity index (χ0n) is 27.7. The Labute approximate surface area is 280 Å². The molecule has 0 spiro atoms. The van der Waals surface area contributed by atoms with Crippen molar-refractivity contribution in [2.45, 2.75) is 148 Å². The Morgan fingerprint density at radius 2 is 1.60 bits per heavy atom. The van der Waals surface area contributed by atoms with Crippen molar-refractivity contribution in [2.75, 3.05) is 26.7 Å². The van der Waals surface area contributed by atoms with Crippen LogP contribution in [0.1, 0.15) is 65.7 Å². The van der Waals surface area contributed by atoms with Gasteiger partial charge in [0.1, 0.15) is 42.5 Å². The molecule has 0 bridgehead atoms. The van der Waals surface area contributed by atoms with E-state index in [4.69, 9.17) is 10.5 Å². The minimum atomic E-state index is -4.38. The second-order valence-electron chi connectivity index (χ2n) is 14.7. The van der Waals surface area contributed by atoms with Gasteiger partial charge >= 0.3 is 0 Å². The molecule has 0 aromatic carbocycles. The van der Waals surface area contributed by atoms with Crippen molar-refractivity contribution >= 4 is 21.6 Å². The van der Waals surface area contributed by atoms with Gasteiger partial charge in [-0.25, -0.2) is 35.8 Å². The predicted molar refractivity (Wildman–Crippen MR) is 174 cm³/mol. The summed E-state index contributed by atoms with van der Waals surface area (Å²) in [5, 5.41) is 8.99. The Balaban J connectivity index is 1.27. The van der Waals surface area contributed by atoms with Crippen molar-refractivity contribution in [1.82, 2.24) is 31.7 Å². The molecule has 274 valence electrons. The number of alkyl halides is 5. The van der Waals surface area contributed by atoms with Gasteiger partial charge in [-0.2, -0.15) is 0 Å². The maximum atomic E-state index is 15.9. The quantitative estimate of drug-likeness (QED) is 0.186. The van der Waals surface area contributed by atoms with Gasteiger partial charge in [0.25, 0.3) is 0 Å². The summed E-state index contributed by atoms with van der Waals surface area (Å²) in [5.41, 5.74) is 12.0. The maximum absolute atomic E-state index is 15.9. The molecule has 0 radical (unpaired) electrons. The second kappa shape index (κ2) is 15.5. The van der Waals surface area contributed by atoms with Gasteiger partial charge < -0.3 is 10.5 Å². The monoisotopic (exact) mass is 719 g/mol. The number of halogens is 5. The molecule has 5 aliphatic rings. The number of ether oxygens (including phenoxy) is 1. The first-order chi connectivity index (χ1) is 22.2. The van der Waals surface area contributed by atoms with E-state index in [-0.39, 0.29) is 49.9 Å². The van der Waals surface area contributed by atoms with E-state index in [1.807, 2.05) is 0 Å². The standard InChI is InChI=1S/C30H54F5N7O3S2/c1-15-11-22(41-40-15)37-27-26(45-4)28(42-9-7-16(14-36)8-10-42)39-29(38-27)46-21-6-5-17(12-18(21)31)47(43,44)30(2,3)23-24(34)19(32)13-20(33)25(23)35/h15-29,37-41H,5-14,36H2,1-4H3. The molecule has 17 heteroatoms. The lowest BCUT2D eigenvalue weighted by molar-refractivity contribution is -0.0647. The highest BCUT2D eigenvalue weighted by molar-refractivity contribution is 8.00. The molecule has 3 aliphatic heterocycles. The van der Waals surface area contributed by atoms with Crippen LogP contribution in [0.4, 0.5) is 22.0 Å². The Morgan fingerprint density at radius 3 is 2.15 bits per heavy atom. The van der Waals surface area contributed by atoms with E-state index < -0.39 is 73.8 Å². The van der Waals surface area contributed by atoms with Crippen LogP contribution in [0, 0.1) is 11.8 Å². The smallest absolute Gasteiger partial charge is 0.158 e. The summed E-state index contributed by atoms with van der Waals surface area (Å²) < 4.78 is 106. The summed E-state index contributed by atoms with van der Waals surface area (Å²) >= 11 is 1.36. The van der Waals surface area contributed by atoms with E-state index >= 15 is 4.39 Å². The average Bonchev–Trinajstić information content (AvgIpc) is 3.44. The van der Waals surface area contributed by atoms with Crippen LogP contribution < -0.4 is 32.5 Å². The van der Waals surface area contributed by atoms with Crippen LogP contribution in [-0.2, 0) is 14.6 Å². The number of nitrogens with zero attached hydrogens (tertiary/aromatic N) is 1. The molecule has 3 saturated heterocycles. The average molecular weight is 720 g/mol. The van der Waals surface area contributed by atoms with Crippen molar-refractivity contribution < 1.29 is 35.1 Å².